The molecule has 0 bridgehead atoms. The van der Waals surface area contributed by atoms with Gasteiger partial charge in [-0.1, -0.05) is 20.8 Å². The summed E-state index contributed by atoms with van der Waals surface area (Å²) in [5, 5.41) is 15.1. The lowest BCUT2D eigenvalue weighted by atomic mass is 9.87. The van der Waals surface area contributed by atoms with Crippen molar-refractivity contribution in [2.75, 3.05) is 29.9 Å². The van der Waals surface area contributed by atoms with Crippen LogP contribution in [0.1, 0.15) is 39.3 Å². The van der Waals surface area contributed by atoms with Gasteiger partial charge in [-0.3, -0.25) is 0 Å². The Bertz CT molecular complexity index is 548. The summed E-state index contributed by atoms with van der Waals surface area (Å²) in [6, 6.07) is 3.21. The second-order valence-electron chi connectivity index (χ2n) is 7.20. The highest BCUT2D eigenvalue weighted by Crippen LogP contribution is 2.22. The summed E-state index contributed by atoms with van der Waals surface area (Å²) < 4.78 is 0. The Kier molecular flexibility index (Phi) is 5.46. The number of nitrogens with one attached hydrogen (secondary N) is 2. The second-order valence-corrected chi connectivity index (χ2v) is 7.20. The molecular weight excluding hydrogens is 292 g/mol. The van der Waals surface area contributed by atoms with E-state index in [1.807, 2.05) is 39.8 Å². The second kappa shape index (κ2) is 7.17. The summed E-state index contributed by atoms with van der Waals surface area (Å²) in [7, 11) is 0. The molecular formula is C17H28N4O2. The number of hydrogen-bond donors (Lipinski definition) is 3. The van der Waals surface area contributed by atoms with Crippen molar-refractivity contribution in [1.29, 1.82) is 0 Å². The Morgan fingerprint density at radius 1 is 1.35 bits per heavy atom. The molecule has 1 aromatic heterocycles. The largest absolute Gasteiger partial charge is 0.394 e. The fourth-order valence-electron chi connectivity index (χ4n) is 2.65. The first-order valence-corrected chi connectivity index (χ1v) is 8.22. The van der Waals surface area contributed by atoms with E-state index in [-0.39, 0.29) is 24.1 Å². The maximum Gasteiger partial charge on any atom is 0.319 e. The van der Waals surface area contributed by atoms with E-state index in [9.17, 15) is 9.90 Å². The van der Waals surface area contributed by atoms with Gasteiger partial charge in [0.25, 0.3) is 0 Å². The number of aliphatic hydroxyl groups excluding tert-OH is 1. The van der Waals surface area contributed by atoms with Crippen molar-refractivity contribution < 1.29 is 9.90 Å². The average Bonchev–Trinajstić information content (AvgIpc) is 3.00. The van der Waals surface area contributed by atoms with Gasteiger partial charge in [0, 0.05) is 13.1 Å². The van der Waals surface area contributed by atoms with E-state index < -0.39 is 0 Å². The highest BCUT2D eigenvalue weighted by atomic mass is 16.3. The van der Waals surface area contributed by atoms with Crippen LogP contribution in [0.4, 0.5) is 16.3 Å². The number of carbonyl (C=O) groups is 1. The molecule has 2 heterocycles. The third-order valence-corrected chi connectivity index (χ3v) is 4.28. The topological polar surface area (TPSA) is 77.5 Å². The molecule has 2 rings (SSSR count). The van der Waals surface area contributed by atoms with Crippen LogP contribution in [-0.4, -0.2) is 41.9 Å². The molecule has 6 heteroatoms. The molecule has 23 heavy (non-hydrogen) atoms. The zero-order valence-electron chi connectivity index (χ0n) is 14.5. The number of carbonyl (C=O) groups excluding carboxylic acids is 1. The van der Waals surface area contributed by atoms with E-state index >= 15 is 0 Å². The first-order chi connectivity index (χ1) is 10.8. The van der Waals surface area contributed by atoms with E-state index in [4.69, 9.17) is 0 Å². The highest BCUT2D eigenvalue weighted by molar-refractivity contribution is 5.90. The molecule has 0 radical (unpaired) electrons. The van der Waals surface area contributed by atoms with Crippen LogP contribution in [0.3, 0.4) is 0 Å². The molecule has 1 aromatic rings. The fraction of sp³-hybridized carbons (Fsp3) is 0.647. The molecule has 1 atom stereocenters. The van der Waals surface area contributed by atoms with Gasteiger partial charge in [0.05, 0.1) is 24.0 Å². The van der Waals surface area contributed by atoms with Crippen molar-refractivity contribution in [3.05, 3.63) is 17.8 Å². The maximum absolute atomic E-state index is 12.2. The fourth-order valence-corrected chi connectivity index (χ4v) is 2.65. The first kappa shape index (κ1) is 17.5. The average molecular weight is 320 g/mol. The number of aromatic nitrogens is 1. The van der Waals surface area contributed by atoms with Crippen molar-refractivity contribution in [3.8, 4) is 0 Å². The monoisotopic (exact) mass is 320 g/mol. The number of rotatable bonds is 4. The normalized spacial score (nSPS) is 16.3. The molecule has 0 spiro atoms. The number of amides is 2. The van der Waals surface area contributed by atoms with Gasteiger partial charge < -0.3 is 20.6 Å². The Morgan fingerprint density at radius 3 is 2.52 bits per heavy atom. The number of aryl methyl sites for hydroxylation is 1. The van der Waals surface area contributed by atoms with E-state index in [1.54, 1.807) is 0 Å². The lowest BCUT2D eigenvalue weighted by Gasteiger charge is -2.29. The summed E-state index contributed by atoms with van der Waals surface area (Å²) in [5.41, 5.74) is 1.27. The molecule has 1 aliphatic rings. The third kappa shape index (κ3) is 4.58. The third-order valence-electron chi connectivity index (χ3n) is 4.28. The molecule has 3 N–H and O–H groups in total. The van der Waals surface area contributed by atoms with Crippen LogP contribution >= 0.6 is 0 Å². The van der Waals surface area contributed by atoms with Crippen molar-refractivity contribution >= 4 is 17.5 Å². The summed E-state index contributed by atoms with van der Waals surface area (Å²) in [4.78, 5) is 19.0. The van der Waals surface area contributed by atoms with E-state index in [0.717, 1.165) is 24.6 Å². The molecule has 0 saturated carbocycles. The molecule has 0 unspecified atom stereocenters. The van der Waals surface area contributed by atoms with Crippen LogP contribution in [0.25, 0.3) is 0 Å². The Labute approximate surface area is 138 Å². The molecule has 128 valence electrons. The number of nitrogens with zero attached hydrogens (tertiary/aromatic N) is 2. The first-order valence-electron chi connectivity index (χ1n) is 8.22. The van der Waals surface area contributed by atoms with Crippen LogP contribution in [0.5, 0.6) is 0 Å². The van der Waals surface area contributed by atoms with Crippen molar-refractivity contribution in [2.24, 2.45) is 5.41 Å². The SMILES string of the molecule is Cc1nc(N2CCCC2)ccc1NC(=O)N[C@H](CO)C(C)(C)C. The highest BCUT2D eigenvalue weighted by Gasteiger charge is 2.25. The Balaban J connectivity index is 2.00. The van der Waals surface area contributed by atoms with E-state index in [2.05, 4.69) is 20.5 Å². The van der Waals surface area contributed by atoms with Crippen molar-refractivity contribution in [1.82, 2.24) is 10.3 Å². The molecule has 2 amide bonds. The number of anilines is 2. The summed E-state index contributed by atoms with van der Waals surface area (Å²) >= 11 is 0. The number of pyridine rings is 1. The summed E-state index contributed by atoms with van der Waals surface area (Å²) in [5.74, 6) is 0.967. The zero-order chi connectivity index (χ0) is 17.0. The minimum atomic E-state index is -0.321. The molecule has 1 saturated heterocycles. The van der Waals surface area contributed by atoms with Gasteiger partial charge in [-0.15, -0.1) is 0 Å². The smallest absolute Gasteiger partial charge is 0.319 e. The number of aliphatic hydroxyl groups is 1. The van der Waals surface area contributed by atoms with Gasteiger partial charge >= 0.3 is 6.03 Å². The van der Waals surface area contributed by atoms with Gasteiger partial charge in [0.2, 0.25) is 0 Å². The molecule has 1 fully saturated rings. The Morgan fingerprint density at radius 2 is 2.00 bits per heavy atom. The summed E-state index contributed by atoms with van der Waals surface area (Å²) in [6.07, 6.45) is 2.41. The summed E-state index contributed by atoms with van der Waals surface area (Å²) in [6.45, 7) is 9.82. The lowest BCUT2D eigenvalue weighted by Crippen LogP contribution is -2.47. The van der Waals surface area contributed by atoms with E-state index in [0.29, 0.717) is 5.69 Å². The minimum absolute atomic E-state index is 0.0952. The van der Waals surface area contributed by atoms with Crippen LogP contribution in [0.15, 0.2) is 12.1 Å². The minimum Gasteiger partial charge on any atom is -0.394 e. The quantitative estimate of drug-likeness (QED) is 0.796. The predicted molar refractivity (Wildman–Crippen MR) is 92.9 cm³/mol. The van der Waals surface area contributed by atoms with Gasteiger partial charge in [-0.05, 0) is 37.3 Å². The molecule has 0 aromatic carbocycles. The molecule has 6 nitrogen and oxygen atoms in total. The van der Waals surface area contributed by atoms with Crippen molar-refractivity contribution in [2.45, 2.75) is 46.6 Å². The number of hydrogen-bond acceptors (Lipinski definition) is 4. The molecule has 1 aliphatic heterocycles. The zero-order valence-corrected chi connectivity index (χ0v) is 14.5. The molecule has 0 aliphatic carbocycles. The lowest BCUT2D eigenvalue weighted by molar-refractivity contribution is 0.162. The van der Waals surface area contributed by atoms with Crippen LogP contribution < -0.4 is 15.5 Å². The van der Waals surface area contributed by atoms with E-state index in [1.165, 1.54) is 12.8 Å². The predicted octanol–water partition coefficient (Wildman–Crippen LogP) is 2.52. The van der Waals surface area contributed by atoms with Gasteiger partial charge in [0.15, 0.2) is 0 Å². The Hall–Kier alpha value is -1.82. The van der Waals surface area contributed by atoms with Crippen molar-refractivity contribution in [3.63, 3.8) is 0 Å². The van der Waals surface area contributed by atoms with Crippen LogP contribution in [0, 0.1) is 12.3 Å². The maximum atomic E-state index is 12.2. The standard InChI is InChI=1S/C17H28N4O2/c1-12-13(7-8-15(18-12)21-9-5-6-10-21)19-16(23)20-14(11-22)17(2,3)4/h7-8,14,22H,5-6,9-11H2,1-4H3,(H2,19,20,23)/t14-/m1/s1. The van der Waals surface area contributed by atoms with Gasteiger partial charge in [-0.2, -0.15) is 0 Å². The van der Waals surface area contributed by atoms with Crippen LogP contribution in [0.2, 0.25) is 0 Å². The van der Waals surface area contributed by atoms with Gasteiger partial charge in [-0.25, -0.2) is 9.78 Å². The van der Waals surface area contributed by atoms with Crippen LogP contribution in [-0.2, 0) is 0 Å². The number of urea groups is 1. The van der Waals surface area contributed by atoms with Gasteiger partial charge in [0.1, 0.15) is 5.82 Å².